The third-order valence-electron chi connectivity index (χ3n) is 5.44. The molecule has 0 radical (unpaired) electrons. The van der Waals surface area contributed by atoms with Crippen LogP contribution >= 0.6 is 10.0 Å². The predicted molar refractivity (Wildman–Crippen MR) is 133 cm³/mol. The molecule has 4 aromatic rings. The summed E-state index contributed by atoms with van der Waals surface area (Å²) >= 11 is 0. The number of hydrogen-bond acceptors (Lipinski definition) is 5. The van der Waals surface area contributed by atoms with Crippen LogP contribution in [0.1, 0.15) is 17.4 Å². The van der Waals surface area contributed by atoms with Crippen LogP contribution in [-0.2, 0) is 23.1 Å². The van der Waals surface area contributed by atoms with Gasteiger partial charge in [0.05, 0.1) is 18.1 Å². The van der Waals surface area contributed by atoms with Crippen molar-refractivity contribution in [2.45, 2.75) is 17.4 Å². The van der Waals surface area contributed by atoms with Crippen molar-refractivity contribution in [1.29, 1.82) is 0 Å². The number of benzene rings is 2. The second-order valence-electron chi connectivity index (χ2n) is 8.91. The summed E-state index contributed by atoms with van der Waals surface area (Å²) in [7, 11) is 0.515. The number of carbonyl (C=O) groups excluding carboxylic acids is 2. The molecular weight excluding hydrogens is 473 g/mol. The van der Waals surface area contributed by atoms with Gasteiger partial charge in [-0.1, -0.05) is 6.07 Å². The first-order valence-electron chi connectivity index (χ1n) is 10.7. The van der Waals surface area contributed by atoms with Crippen molar-refractivity contribution < 1.29 is 18.5 Å². The zero-order valence-corrected chi connectivity index (χ0v) is 20.5. The highest BCUT2D eigenvalue weighted by molar-refractivity contribution is 8.32. The first kappa shape index (κ1) is 24.3. The Labute approximate surface area is 202 Å². The number of hydrogen-bond donors (Lipinski definition) is 3. The first-order chi connectivity index (χ1) is 16.5. The second kappa shape index (κ2) is 9.41. The fourth-order valence-electron chi connectivity index (χ4n) is 3.73. The largest absolute Gasteiger partial charge is 0.383 e. The number of rotatable bonds is 7. The molecule has 0 aliphatic carbocycles. The fourth-order valence-corrected chi connectivity index (χ4v) is 4.85. The minimum atomic E-state index is -1.29. The van der Waals surface area contributed by atoms with Gasteiger partial charge < -0.3 is 15.2 Å². The monoisotopic (exact) mass is 499 g/mol. The van der Waals surface area contributed by atoms with Crippen LogP contribution in [-0.4, -0.2) is 45.5 Å². The smallest absolute Gasteiger partial charge is 0.280 e. The quantitative estimate of drug-likeness (QED) is 0.361. The van der Waals surface area contributed by atoms with Gasteiger partial charge in [0.15, 0.2) is 0 Å². The molecule has 0 spiro atoms. The van der Waals surface area contributed by atoms with E-state index in [1.165, 1.54) is 6.07 Å². The van der Waals surface area contributed by atoms with Crippen molar-refractivity contribution in [3.63, 3.8) is 0 Å². The zero-order valence-electron chi connectivity index (χ0n) is 19.7. The number of anilines is 1. The van der Waals surface area contributed by atoms with E-state index in [0.29, 0.717) is 10.5 Å². The van der Waals surface area contributed by atoms with Crippen LogP contribution in [0.3, 0.4) is 0 Å². The second-order valence-corrected chi connectivity index (χ2v) is 13.0. The van der Waals surface area contributed by atoms with Gasteiger partial charge in [-0.2, -0.15) is 10.3 Å². The van der Waals surface area contributed by atoms with Crippen LogP contribution in [0, 0.1) is 5.82 Å². The fraction of sp³-hybridized carbons (Fsp3) is 0.250. The first-order valence-corrected chi connectivity index (χ1v) is 13.5. The molecular formula is C24H26FN5O4S. The summed E-state index contributed by atoms with van der Waals surface area (Å²) in [5.74, 6) is -1.34. The summed E-state index contributed by atoms with van der Waals surface area (Å²) in [5.41, 5.74) is 1.18. The summed E-state index contributed by atoms with van der Waals surface area (Å²) in [6.07, 6.45) is 7.37. The molecule has 2 amide bonds. The third-order valence-corrected chi connectivity index (χ3v) is 7.09. The number of carbonyl (C=O) groups is 2. The van der Waals surface area contributed by atoms with Crippen LogP contribution in [0.4, 0.5) is 10.1 Å². The van der Waals surface area contributed by atoms with Gasteiger partial charge in [0.1, 0.15) is 17.6 Å². The van der Waals surface area contributed by atoms with E-state index in [9.17, 15) is 18.8 Å². The van der Waals surface area contributed by atoms with Crippen molar-refractivity contribution in [2.24, 2.45) is 7.05 Å². The minimum Gasteiger partial charge on any atom is -0.383 e. The Morgan fingerprint density at radius 2 is 1.94 bits per heavy atom. The van der Waals surface area contributed by atoms with Crippen LogP contribution < -0.4 is 16.2 Å². The number of nitrogens with one attached hydrogen (secondary N) is 3. The number of aromatic amines is 1. The van der Waals surface area contributed by atoms with Crippen molar-refractivity contribution in [3.05, 3.63) is 76.2 Å². The molecule has 11 heteroatoms. The molecule has 0 bridgehead atoms. The number of nitrogens with zero attached hydrogens (tertiary/aromatic N) is 2. The maximum absolute atomic E-state index is 14.7. The van der Waals surface area contributed by atoms with Gasteiger partial charge in [0.25, 0.3) is 11.5 Å². The van der Waals surface area contributed by atoms with Gasteiger partial charge in [-0.15, -0.1) is 0 Å². The van der Waals surface area contributed by atoms with E-state index in [2.05, 4.69) is 20.9 Å². The van der Waals surface area contributed by atoms with Crippen molar-refractivity contribution in [1.82, 2.24) is 20.3 Å². The lowest BCUT2D eigenvalue weighted by Crippen LogP contribution is -2.37. The van der Waals surface area contributed by atoms with Gasteiger partial charge in [0.2, 0.25) is 5.91 Å². The van der Waals surface area contributed by atoms with Crippen LogP contribution in [0.25, 0.3) is 10.9 Å². The molecule has 0 saturated carbocycles. The number of aryl methyl sites for hydroxylation is 1. The molecule has 4 rings (SSSR count). The number of amides is 2. The van der Waals surface area contributed by atoms with Crippen LogP contribution in [0.2, 0.25) is 0 Å². The number of aromatic nitrogens is 3. The lowest BCUT2D eigenvalue weighted by atomic mass is 10.0. The highest BCUT2D eigenvalue weighted by atomic mass is 32.3. The molecule has 2 aromatic heterocycles. The molecule has 184 valence electrons. The van der Waals surface area contributed by atoms with Crippen LogP contribution in [0.5, 0.6) is 0 Å². The van der Waals surface area contributed by atoms with E-state index in [1.54, 1.807) is 48.3 Å². The third kappa shape index (κ3) is 5.46. The van der Waals surface area contributed by atoms with Crippen molar-refractivity contribution in [3.8, 4) is 0 Å². The molecule has 2 heterocycles. The average molecular weight is 500 g/mol. The molecule has 0 fully saturated rings. The van der Waals surface area contributed by atoms with E-state index < -0.39 is 39.3 Å². The molecule has 3 N–H and O–H groups in total. The lowest BCUT2D eigenvalue weighted by molar-refractivity contribution is -0.126. The number of halogens is 1. The Morgan fingerprint density at radius 3 is 2.60 bits per heavy atom. The summed E-state index contributed by atoms with van der Waals surface area (Å²) in [6.45, 7) is 0. The van der Waals surface area contributed by atoms with E-state index in [1.807, 2.05) is 18.8 Å². The molecule has 9 nitrogen and oxygen atoms in total. The normalized spacial score (nSPS) is 12.9. The average Bonchev–Trinajstić information content (AvgIpc) is 3.35. The van der Waals surface area contributed by atoms with Gasteiger partial charge in [0, 0.05) is 29.1 Å². The van der Waals surface area contributed by atoms with Crippen LogP contribution in [0.15, 0.2) is 62.9 Å². The number of fused-ring (bicyclic) bond motifs is 1. The summed E-state index contributed by atoms with van der Waals surface area (Å²) in [6, 6.07) is 9.95. The van der Waals surface area contributed by atoms with E-state index >= 15 is 0 Å². The van der Waals surface area contributed by atoms with Crippen molar-refractivity contribution in [2.75, 3.05) is 24.1 Å². The Kier molecular flexibility index (Phi) is 6.53. The molecule has 1 atom stereocenters. The lowest BCUT2D eigenvalue weighted by Gasteiger charge is -2.26. The van der Waals surface area contributed by atoms with E-state index in [4.69, 9.17) is 4.52 Å². The molecule has 1 unspecified atom stereocenters. The SMILES string of the molecule is Cn1ncc2cc(C(NC(=O)Cc3cc(=O)[nH]o3)C(=O)Nc3ccc(S(C)(C)C)c(F)c3)ccc21. The highest BCUT2D eigenvalue weighted by Crippen LogP contribution is 2.46. The van der Waals surface area contributed by atoms with Gasteiger partial charge in [-0.3, -0.25) is 19.1 Å². The summed E-state index contributed by atoms with van der Waals surface area (Å²) in [4.78, 5) is 37.9. The highest BCUT2D eigenvalue weighted by Gasteiger charge is 2.25. The molecule has 2 aromatic carbocycles. The molecule has 0 aliphatic rings. The standard InChI is InChI=1S/C24H26FN5O4S/c1-30-19-7-5-14(9-15(19)13-26-30)23(28-21(31)11-17-12-22(32)29-34-17)24(33)27-16-6-8-20(18(25)10-16)35(2,3)4/h5-10,12-13,23H,11H2,1-4H3,(H,27,33)(H,28,31)(H,29,32). The maximum atomic E-state index is 14.7. The number of H-pyrrole nitrogens is 1. The Hall–Kier alpha value is -3.86. The minimum absolute atomic E-state index is 0.136. The Balaban J connectivity index is 1.62. The van der Waals surface area contributed by atoms with Gasteiger partial charge in [-0.25, -0.2) is 14.4 Å². The molecule has 0 aliphatic heterocycles. The maximum Gasteiger partial charge on any atom is 0.280 e. The Bertz CT molecular complexity index is 1470. The molecule has 35 heavy (non-hydrogen) atoms. The van der Waals surface area contributed by atoms with Gasteiger partial charge in [-0.05, 0) is 54.7 Å². The van der Waals surface area contributed by atoms with E-state index in [0.717, 1.165) is 17.0 Å². The van der Waals surface area contributed by atoms with Gasteiger partial charge >= 0.3 is 0 Å². The Morgan fingerprint density at radius 1 is 1.17 bits per heavy atom. The summed E-state index contributed by atoms with van der Waals surface area (Å²) < 4.78 is 21.3. The van der Waals surface area contributed by atoms with Crippen molar-refractivity contribution >= 4 is 38.4 Å². The molecule has 0 saturated heterocycles. The summed E-state index contributed by atoms with van der Waals surface area (Å²) in [5, 5.41) is 12.5. The van der Waals surface area contributed by atoms with E-state index in [-0.39, 0.29) is 17.9 Å². The predicted octanol–water partition coefficient (Wildman–Crippen LogP) is 3.09. The topological polar surface area (TPSA) is 122 Å². The zero-order chi connectivity index (χ0) is 25.3.